The van der Waals surface area contributed by atoms with Gasteiger partial charge in [-0.05, 0) is 37.4 Å². The van der Waals surface area contributed by atoms with Crippen molar-refractivity contribution >= 4 is 11.8 Å². The third-order valence-corrected chi connectivity index (χ3v) is 5.65. The second kappa shape index (κ2) is 6.27. The normalized spacial score (nSPS) is 26.7. The third kappa shape index (κ3) is 3.31. The first-order valence-corrected chi connectivity index (χ1v) is 8.50. The van der Waals surface area contributed by atoms with E-state index in [1.807, 2.05) is 11.8 Å². The van der Waals surface area contributed by atoms with Crippen molar-refractivity contribution < 1.29 is 9.63 Å². The molecule has 1 N–H and O–H groups in total. The lowest BCUT2D eigenvalue weighted by Gasteiger charge is -2.17. The van der Waals surface area contributed by atoms with E-state index in [2.05, 4.69) is 10.1 Å². The third-order valence-electron chi connectivity index (χ3n) is 4.28. The molecule has 5 heteroatoms. The molecular weight excluding hydrogens is 260 g/mol. The molecule has 0 bridgehead atoms. The molecule has 0 amide bonds. The highest BCUT2D eigenvalue weighted by Gasteiger charge is 2.26. The molecule has 2 fully saturated rings. The van der Waals surface area contributed by atoms with Crippen LogP contribution in [0.15, 0.2) is 4.52 Å². The van der Waals surface area contributed by atoms with Crippen molar-refractivity contribution in [1.82, 2.24) is 10.1 Å². The van der Waals surface area contributed by atoms with Crippen LogP contribution in [0, 0.1) is 5.92 Å². The van der Waals surface area contributed by atoms with E-state index in [4.69, 9.17) is 4.52 Å². The summed E-state index contributed by atoms with van der Waals surface area (Å²) in [5, 5.41) is 14.7. The van der Waals surface area contributed by atoms with Gasteiger partial charge in [0.1, 0.15) is 0 Å². The van der Waals surface area contributed by atoms with Crippen LogP contribution in [0.1, 0.15) is 61.9 Å². The Bertz CT molecular complexity index is 398. The topological polar surface area (TPSA) is 59.2 Å². The quantitative estimate of drug-likeness (QED) is 0.919. The number of aliphatic hydroxyl groups excluding tert-OH is 1. The molecule has 1 aromatic heterocycles. The number of thioether (sulfide) groups is 1. The van der Waals surface area contributed by atoms with Crippen molar-refractivity contribution in [2.75, 3.05) is 5.75 Å². The number of hydrogen-bond donors (Lipinski definition) is 1. The van der Waals surface area contributed by atoms with E-state index in [0.29, 0.717) is 23.5 Å². The second-order valence-corrected chi connectivity index (χ2v) is 7.03. The predicted molar refractivity (Wildman–Crippen MR) is 75.0 cm³/mol. The molecule has 2 aliphatic rings. The van der Waals surface area contributed by atoms with Gasteiger partial charge >= 0.3 is 0 Å². The maximum Gasteiger partial charge on any atom is 0.229 e. The van der Waals surface area contributed by atoms with E-state index in [1.165, 1.54) is 31.4 Å². The molecule has 106 valence electrons. The lowest BCUT2D eigenvalue weighted by molar-refractivity contribution is 0.102. The lowest BCUT2D eigenvalue weighted by Crippen LogP contribution is -2.20. The molecule has 1 saturated heterocycles. The summed E-state index contributed by atoms with van der Waals surface area (Å²) in [4.78, 5) is 4.49. The summed E-state index contributed by atoms with van der Waals surface area (Å²) in [7, 11) is 0. The first-order chi connectivity index (χ1) is 9.33. The number of rotatable bonds is 4. The minimum Gasteiger partial charge on any atom is -0.392 e. The maximum absolute atomic E-state index is 10.2. The Hall–Kier alpha value is -0.550. The minimum atomic E-state index is -0.310. The highest BCUT2D eigenvalue weighted by molar-refractivity contribution is 7.99. The van der Waals surface area contributed by atoms with Gasteiger partial charge in [0, 0.05) is 0 Å². The zero-order valence-electron chi connectivity index (χ0n) is 11.3. The van der Waals surface area contributed by atoms with Crippen LogP contribution in [-0.4, -0.2) is 27.1 Å². The molecule has 4 nitrogen and oxygen atoms in total. The Kier molecular flexibility index (Phi) is 4.43. The number of hydrogen-bond acceptors (Lipinski definition) is 5. The van der Waals surface area contributed by atoms with Crippen LogP contribution in [0.2, 0.25) is 0 Å². The van der Waals surface area contributed by atoms with Crippen molar-refractivity contribution in [3.8, 4) is 0 Å². The summed E-state index contributed by atoms with van der Waals surface area (Å²) in [6, 6.07) is 0. The van der Waals surface area contributed by atoms with E-state index in [1.54, 1.807) is 0 Å². The fourth-order valence-corrected chi connectivity index (χ4v) is 4.35. The van der Waals surface area contributed by atoms with E-state index >= 15 is 0 Å². The monoisotopic (exact) mass is 282 g/mol. The van der Waals surface area contributed by atoms with Gasteiger partial charge in [-0.3, -0.25) is 0 Å². The summed E-state index contributed by atoms with van der Waals surface area (Å²) in [6.45, 7) is 0. The van der Waals surface area contributed by atoms with Crippen LogP contribution in [0.25, 0.3) is 0 Å². The van der Waals surface area contributed by atoms with Gasteiger partial charge < -0.3 is 9.63 Å². The summed E-state index contributed by atoms with van der Waals surface area (Å²) in [6.07, 6.45) is 8.68. The molecular formula is C14H22N2O2S. The maximum atomic E-state index is 10.2. The molecule has 0 radical (unpaired) electrons. The summed E-state index contributed by atoms with van der Waals surface area (Å²) < 4.78 is 5.31. The second-order valence-electron chi connectivity index (χ2n) is 5.72. The molecule has 2 heterocycles. The van der Waals surface area contributed by atoms with Gasteiger partial charge in [0.25, 0.3) is 0 Å². The Balaban J connectivity index is 1.57. The molecule has 1 aliphatic carbocycles. The van der Waals surface area contributed by atoms with Gasteiger partial charge in [-0.2, -0.15) is 16.7 Å². The zero-order valence-corrected chi connectivity index (χ0v) is 12.1. The predicted octanol–water partition coefficient (Wildman–Crippen LogP) is 3.12. The summed E-state index contributed by atoms with van der Waals surface area (Å²) in [5.74, 6) is 3.07. The highest BCUT2D eigenvalue weighted by atomic mass is 32.2. The minimum absolute atomic E-state index is 0.310. The van der Waals surface area contributed by atoms with Crippen LogP contribution in [-0.2, 0) is 6.42 Å². The average molecular weight is 282 g/mol. The fraction of sp³-hybridized carbons (Fsp3) is 0.857. The first-order valence-electron chi connectivity index (χ1n) is 7.45. The Morgan fingerprint density at radius 1 is 1.21 bits per heavy atom. The van der Waals surface area contributed by atoms with Gasteiger partial charge in [-0.25, -0.2) is 0 Å². The van der Waals surface area contributed by atoms with Crippen molar-refractivity contribution in [2.45, 2.75) is 62.7 Å². The summed E-state index contributed by atoms with van der Waals surface area (Å²) >= 11 is 1.93. The molecule has 2 atom stereocenters. The number of nitrogens with zero attached hydrogens (tertiary/aromatic N) is 2. The molecule has 3 rings (SSSR count). The van der Waals surface area contributed by atoms with Crippen molar-refractivity contribution in [1.29, 1.82) is 0 Å². The molecule has 1 aliphatic heterocycles. The van der Waals surface area contributed by atoms with Crippen molar-refractivity contribution in [3.05, 3.63) is 11.7 Å². The van der Waals surface area contributed by atoms with Gasteiger partial charge in [0.05, 0.1) is 17.8 Å². The smallest absolute Gasteiger partial charge is 0.229 e. The van der Waals surface area contributed by atoms with Crippen LogP contribution in [0.5, 0.6) is 0 Å². The number of aromatic nitrogens is 2. The van der Waals surface area contributed by atoms with Crippen LogP contribution in [0.4, 0.5) is 0 Å². The zero-order chi connectivity index (χ0) is 13.1. The molecule has 0 aromatic carbocycles. The van der Waals surface area contributed by atoms with Crippen LogP contribution in [0.3, 0.4) is 0 Å². The van der Waals surface area contributed by atoms with E-state index in [-0.39, 0.29) is 6.10 Å². The fourth-order valence-electron chi connectivity index (χ4n) is 3.11. The molecule has 19 heavy (non-hydrogen) atoms. The molecule has 0 spiro atoms. The van der Waals surface area contributed by atoms with E-state index in [0.717, 1.165) is 25.1 Å². The van der Waals surface area contributed by atoms with Gasteiger partial charge in [-0.15, -0.1) is 0 Å². The Morgan fingerprint density at radius 3 is 2.74 bits per heavy atom. The van der Waals surface area contributed by atoms with Crippen molar-refractivity contribution in [2.24, 2.45) is 5.92 Å². The molecule has 2 unspecified atom stereocenters. The van der Waals surface area contributed by atoms with Gasteiger partial charge in [-0.1, -0.05) is 24.4 Å². The van der Waals surface area contributed by atoms with Gasteiger partial charge in [0.15, 0.2) is 5.82 Å². The van der Waals surface area contributed by atoms with Crippen molar-refractivity contribution in [3.63, 3.8) is 0 Å². The van der Waals surface area contributed by atoms with E-state index in [9.17, 15) is 5.11 Å². The molecule has 1 aromatic rings. The number of aliphatic hydroxyl groups is 1. The molecule has 1 saturated carbocycles. The standard InChI is InChI=1S/C14H22N2O2S/c17-11(10-5-1-2-6-10)9-13-15-14(16-18-13)12-7-3-4-8-19-12/h10-12,17H,1-9H2. The van der Waals surface area contributed by atoms with Crippen LogP contribution >= 0.6 is 11.8 Å². The van der Waals surface area contributed by atoms with E-state index < -0.39 is 0 Å². The largest absolute Gasteiger partial charge is 0.392 e. The Morgan fingerprint density at radius 2 is 2.00 bits per heavy atom. The SMILES string of the molecule is OC(Cc1nc(C2CCCCS2)no1)C1CCCC1. The average Bonchev–Trinajstić information content (AvgIpc) is 3.11. The first kappa shape index (κ1) is 13.4. The summed E-state index contributed by atoms with van der Waals surface area (Å²) in [5.41, 5.74) is 0. The van der Waals surface area contributed by atoms with Crippen LogP contribution < -0.4 is 0 Å². The Labute approximate surface area is 118 Å². The highest BCUT2D eigenvalue weighted by Crippen LogP contribution is 2.37. The van der Waals surface area contributed by atoms with Gasteiger partial charge in [0.2, 0.25) is 5.89 Å². The lowest BCUT2D eigenvalue weighted by atomic mass is 9.98.